The molecule has 0 aliphatic heterocycles. The van der Waals surface area contributed by atoms with Crippen molar-refractivity contribution in [1.29, 1.82) is 0 Å². The maximum Gasteiger partial charge on any atom is 0.240 e. The number of benzene rings is 2. The van der Waals surface area contributed by atoms with E-state index in [0.717, 1.165) is 0 Å². The lowest BCUT2D eigenvalue weighted by atomic mass is 10.3. The minimum absolute atomic E-state index is 0.0562. The van der Waals surface area contributed by atoms with E-state index in [1.807, 2.05) is 0 Å². The number of para-hydroxylation sites is 2. The summed E-state index contributed by atoms with van der Waals surface area (Å²) in [6, 6.07) is 12.6. The first-order chi connectivity index (χ1) is 9.90. The molecule has 2 aromatic carbocycles. The highest BCUT2D eigenvalue weighted by molar-refractivity contribution is 7.92. The number of anilines is 2. The second-order valence-corrected chi connectivity index (χ2v) is 6.69. The van der Waals surface area contributed by atoms with Crippen molar-refractivity contribution in [1.82, 2.24) is 0 Å². The Labute approximate surface area is 127 Å². The molecule has 0 atom stereocenters. The quantitative estimate of drug-likeness (QED) is 0.845. The van der Waals surface area contributed by atoms with E-state index in [1.165, 1.54) is 12.1 Å². The summed E-state index contributed by atoms with van der Waals surface area (Å²) in [5.41, 5.74) is 6.10. The average Bonchev–Trinajstić information content (AvgIpc) is 2.41. The normalized spacial score (nSPS) is 11.1. The second-order valence-electron chi connectivity index (χ2n) is 4.32. The highest BCUT2D eigenvalue weighted by Gasteiger charge is 2.21. The van der Waals surface area contributed by atoms with Gasteiger partial charge in [-0.25, -0.2) is 8.42 Å². The van der Waals surface area contributed by atoms with E-state index in [0.29, 0.717) is 10.7 Å². The standard InChI is InChI=1S/C14H13ClN2O3S/c15-10-5-1-3-7-12(10)17-14(18)9-21(19,20)13-8-4-2-6-11(13)16/h1-8H,9,16H2,(H,17,18). The largest absolute Gasteiger partial charge is 0.398 e. The molecule has 0 heterocycles. The van der Waals surface area contributed by atoms with Crippen LogP contribution in [0.15, 0.2) is 53.4 Å². The SMILES string of the molecule is Nc1ccccc1S(=O)(=O)CC(=O)Nc1ccccc1Cl. The zero-order valence-corrected chi connectivity index (χ0v) is 12.5. The maximum atomic E-state index is 12.2. The molecule has 0 aromatic heterocycles. The predicted molar refractivity (Wildman–Crippen MR) is 83.0 cm³/mol. The molecule has 2 rings (SSSR count). The maximum absolute atomic E-state index is 12.2. The van der Waals surface area contributed by atoms with Crippen LogP contribution in [0, 0.1) is 0 Å². The summed E-state index contributed by atoms with van der Waals surface area (Å²) in [6.07, 6.45) is 0. The third-order valence-electron chi connectivity index (χ3n) is 2.72. The van der Waals surface area contributed by atoms with E-state index < -0.39 is 21.5 Å². The van der Waals surface area contributed by atoms with Gasteiger partial charge in [-0.1, -0.05) is 35.9 Å². The van der Waals surface area contributed by atoms with E-state index in [9.17, 15) is 13.2 Å². The molecule has 5 nitrogen and oxygen atoms in total. The van der Waals surface area contributed by atoms with E-state index >= 15 is 0 Å². The van der Waals surface area contributed by atoms with Crippen LogP contribution >= 0.6 is 11.6 Å². The van der Waals surface area contributed by atoms with Crippen molar-refractivity contribution < 1.29 is 13.2 Å². The summed E-state index contributed by atoms with van der Waals surface area (Å²) in [5, 5.41) is 2.80. The molecule has 0 radical (unpaired) electrons. The number of carbonyl (C=O) groups excluding carboxylic acids is 1. The molecule has 21 heavy (non-hydrogen) atoms. The first-order valence-corrected chi connectivity index (χ1v) is 8.05. The topological polar surface area (TPSA) is 89.3 Å². The molecule has 3 N–H and O–H groups in total. The second kappa shape index (κ2) is 6.15. The van der Waals surface area contributed by atoms with Gasteiger partial charge in [0.15, 0.2) is 9.84 Å². The van der Waals surface area contributed by atoms with Crippen LogP contribution in [0.5, 0.6) is 0 Å². The van der Waals surface area contributed by atoms with Crippen LogP contribution in [-0.2, 0) is 14.6 Å². The smallest absolute Gasteiger partial charge is 0.240 e. The van der Waals surface area contributed by atoms with Gasteiger partial charge in [-0.2, -0.15) is 0 Å². The number of hydrogen-bond donors (Lipinski definition) is 2. The number of sulfone groups is 1. The number of halogens is 1. The fraction of sp³-hybridized carbons (Fsp3) is 0.0714. The Morgan fingerprint density at radius 3 is 2.38 bits per heavy atom. The van der Waals surface area contributed by atoms with E-state index in [1.54, 1.807) is 36.4 Å². The summed E-state index contributed by atoms with van der Waals surface area (Å²) in [5.74, 6) is -1.38. The Hall–Kier alpha value is -2.05. The number of nitrogen functional groups attached to an aromatic ring is 1. The molecule has 7 heteroatoms. The lowest BCUT2D eigenvalue weighted by molar-refractivity contribution is -0.113. The lowest BCUT2D eigenvalue weighted by Gasteiger charge is -2.09. The van der Waals surface area contributed by atoms with Crippen molar-refractivity contribution in [3.63, 3.8) is 0 Å². The Morgan fingerprint density at radius 1 is 1.10 bits per heavy atom. The predicted octanol–water partition coefficient (Wildman–Crippen LogP) is 2.33. The molecule has 0 fully saturated rings. The van der Waals surface area contributed by atoms with Crippen molar-refractivity contribution >= 4 is 38.7 Å². The minimum Gasteiger partial charge on any atom is -0.398 e. The molecule has 0 saturated carbocycles. The van der Waals surface area contributed by atoms with Gasteiger partial charge in [-0.15, -0.1) is 0 Å². The Balaban J connectivity index is 2.16. The summed E-state index contributed by atoms with van der Waals surface area (Å²) >= 11 is 5.90. The van der Waals surface area contributed by atoms with Crippen molar-refractivity contribution in [2.45, 2.75) is 4.90 Å². The third kappa shape index (κ3) is 3.74. The lowest BCUT2D eigenvalue weighted by Crippen LogP contribution is -2.23. The van der Waals surface area contributed by atoms with Gasteiger partial charge >= 0.3 is 0 Å². The monoisotopic (exact) mass is 324 g/mol. The van der Waals surface area contributed by atoms with Crippen LogP contribution in [0.25, 0.3) is 0 Å². The van der Waals surface area contributed by atoms with Crippen molar-refractivity contribution in [3.8, 4) is 0 Å². The molecule has 0 unspecified atom stereocenters. The number of nitrogens with two attached hydrogens (primary N) is 1. The third-order valence-corrected chi connectivity index (χ3v) is 4.74. The van der Waals surface area contributed by atoms with E-state index in [2.05, 4.69) is 5.32 Å². The van der Waals surface area contributed by atoms with Crippen LogP contribution < -0.4 is 11.1 Å². The van der Waals surface area contributed by atoms with Gasteiger partial charge in [-0.05, 0) is 24.3 Å². The zero-order valence-electron chi connectivity index (χ0n) is 10.9. The Bertz CT molecular complexity index is 775. The van der Waals surface area contributed by atoms with Crippen molar-refractivity contribution in [2.75, 3.05) is 16.8 Å². The fourth-order valence-electron chi connectivity index (χ4n) is 1.76. The summed E-state index contributed by atoms with van der Waals surface area (Å²) in [6.45, 7) is 0. The van der Waals surface area contributed by atoms with Crippen LogP contribution in [0.3, 0.4) is 0 Å². The van der Waals surface area contributed by atoms with Gasteiger partial charge in [0, 0.05) is 0 Å². The number of hydrogen-bond acceptors (Lipinski definition) is 4. The number of carbonyl (C=O) groups is 1. The van der Waals surface area contributed by atoms with Gasteiger partial charge in [-0.3, -0.25) is 4.79 Å². The molecule has 0 spiro atoms. The summed E-state index contributed by atoms with van der Waals surface area (Å²) in [4.78, 5) is 11.8. The van der Waals surface area contributed by atoms with Crippen LogP contribution in [-0.4, -0.2) is 20.1 Å². The Kier molecular flexibility index (Phi) is 4.50. The summed E-state index contributed by atoms with van der Waals surface area (Å²) in [7, 11) is -3.80. The molecule has 0 saturated heterocycles. The zero-order chi connectivity index (χ0) is 15.5. The highest BCUT2D eigenvalue weighted by atomic mass is 35.5. The van der Waals surface area contributed by atoms with Crippen molar-refractivity contribution in [3.05, 3.63) is 53.6 Å². The Morgan fingerprint density at radius 2 is 1.71 bits per heavy atom. The van der Waals surface area contributed by atoms with E-state index in [-0.39, 0.29) is 10.6 Å². The molecule has 2 aromatic rings. The van der Waals surface area contributed by atoms with E-state index in [4.69, 9.17) is 17.3 Å². The van der Waals surface area contributed by atoms with Crippen LogP contribution in [0.4, 0.5) is 11.4 Å². The van der Waals surface area contributed by atoms with Gasteiger partial charge < -0.3 is 11.1 Å². The van der Waals surface area contributed by atoms with Gasteiger partial charge in [0.05, 0.1) is 21.3 Å². The molecule has 1 amide bonds. The first kappa shape index (κ1) is 15.3. The number of rotatable bonds is 4. The van der Waals surface area contributed by atoms with Gasteiger partial charge in [0.2, 0.25) is 5.91 Å². The molecule has 0 aliphatic carbocycles. The fourth-order valence-corrected chi connectivity index (χ4v) is 3.23. The molecular formula is C14H13ClN2O3S. The molecule has 0 bridgehead atoms. The van der Waals surface area contributed by atoms with Crippen LogP contribution in [0.1, 0.15) is 0 Å². The molecular weight excluding hydrogens is 312 g/mol. The highest BCUT2D eigenvalue weighted by Crippen LogP contribution is 2.22. The minimum atomic E-state index is -3.80. The molecule has 0 aliphatic rings. The first-order valence-electron chi connectivity index (χ1n) is 6.02. The number of amides is 1. The van der Waals surface area contributed by atoms with Gasteiger partial charge in [0.25, 0.3) is 0 Å². The van der Waals surface area contributed by atoms with Crippen LogP contribution in [0.2, 0.25) is 5.02 Å². The summed E-state index contributed by atoms with van der Waals surface area (Å²) < 4.78 is 24.3. The molecule has 110 valence electrons. The number of nitrogens with one attached hydrogen (secondary N) is 1. The van der Waals surface area contributed by atoms with Crippen molar-refractivity contribution in [2.24, 2.45) is 0 Å². The average molecular weight is 325 g/mol. The van der Waals surface area contributed by atoms with Gasteiger partial charge in [0.1, 0.15) is 5.75 Å².